The standard InChI is InChI=1S/C14H14F2N4O5/c1-8(19-7-10(6-17-19)20(22)23)13(21)18-9-3-4-11(25-14(15)16)12(5-9)24-2/h3-8,14H,1-2H3,(H,18,21). The number of amides is 1. The Hall–Kier alpha value is -3.24. The van der Waals surface area contributed by atoms with E-state index in [1.165, 1.54) is 32.2 Å². The Morgan fingerprint density at radius 1 is 1.40 bits per heavy atom. The van der Waals surface area contributed by atoms with Crippen molar-refractivity contribution in [2.24, 2.45) is 0 Å². The Bertz CT molecular complexity index is 780. The molecule has 0 fully saturated rings. The zero-order valence-corrected chi connectivity index (χ0v) is 13.2. The average Bonchev–Trinajstić information content (AvgIpc) is 3.05. The fourth-order valence-electron chi connectivity index (χ4n) is 1.94. The van der Waals surface area contributed by atoms with Crippen molar-refractivity contribution in [2.75, 3.05) is 12.4 Å². The first-order chi connectivity index (χ1) is 11.8. The molecule has 0 saturated carbocycles. The van der Waals surface area contributed by atoms with E-state index in [1.807, 2.05) is 0 Å². The maximum absolute atomic E-state index is 12.3. The second-order valence-corrected chi connectivity index (χ2v) is 4.85. The number of nitrogens with zero attached hydrogens (tertiary/aromatic N) is 3. The van der Waals surface area contributed by atoms with Crippen LogP contribution < -0.4 is 14.8 Å². The number of carbonyl (C=O) groups excluding carboxylic acids is 1. The fourth-order valence-corrected chi connectivity index (χ4v) is 1.94. The first-order valence-electron chi connectivity index (χ1n) is 6.94. The molecule has 2 rings (SSSR count). The van der Waals surface area contributed by atoms with Gasteiger partial charge in [-0.3, -0.25) is 19.6 Å². The van der Waals surface area contributed by atoms with Crippen LogP contribution in [0.5, 0.6) is 11.5 Å². The molecule has 1 amide bonds. The van der Waals surface area contributed by atoms with Gasteiger partial charge in [0.05, 0.1) is 12.0 Å². The minimum atomic E-state index is -3.01. The van der Waals surface area contributed by atoms with E-state index in [2.05, 4.69) is 15.2 Å². The van der Waals surface area contributed by atoms with Crippen molar-refractivity contribution in [3.05, 3.63) is 40.7 Å². The van der Waals surface area contributed by atoms with Gasteiger partial charge in [-0.05, 0) is 19.1 Å². The molecule has 0 aliphatic rings. The quantitative estimate of drug-likeness (QED) is 0.603. The van der Waals surface area contributed by atoms with Crippen molar-refractivity contribution >= 4 is 17.3 Å². The van der Waals surface area contributed by atoms with E-state index in [0.717, 1.165) is 17.1 Å². The summed E-state index contributed by atoms with van der Waals surface area (Å²) >= 11 is 0. The molecule has 11 heteroatoms. The van der Waals surface area contributed by atoms with Crippen molar-refractivity contribution < 1.29 is 28.0 Å². The predicted molar refractivity (Wildman–Crippen MR) is 81.8 cm³/mol. The molecule has 1 aromatic heterocycles. The highest BCUT2D eigenvalue weighted by atomic mass is 19.3. The number of benzene rings is 1. The lowest BCUT2D eigenvalue weighted by Gasteiger charge is -2.14. The Morgan fingerprint density at radius 3 is 2.68 bits per heavy atom. The zero-order chi connectivity index (χ0) is 18.6. The van der Waals surface area contributed by atoms with Gasteiger partial charge in [-0.1, -0.05) is 0 Å². The van der Waals surface area contributed by atoms with Crippen molar-refractivity contribution in [3.8, 4) is 11.5 Å². The zero-order valence-electron chi connectivity index (χ0n) is 13.2. The second-order valence-electron chi connectivity index (χ2n) is 4.85. The van der Waals surface area contributed by atoms with Crippen LogP contribution in [-0.4, -0.2) is 34.3 Å². The molecule has 25 heavy (non-hydrogen) atoms. The number of halogens is 2. The van der Waals surface area contributed by atoms with Gasteiger partial charge < -0.3 is 14.8 Å². The summed E-state index contributed by atoms with van der Waals surface area (Å²) in [6.45, 7) is -1.51. The molecule has 0 radical (unpaired) electrons. The molecule has 1 N–H and O–H groups in total. The van der Waals surface area contributed by atoms with E-state index in [-0.39, 0.29) is 22.9 Å². The van der Waals surface area contributed by atoms with Gasteiger partial charge in [0.15, 0.2) is 11.5 Å². The second kappa shape index (κ2) is 7.55. The van der Waals surface area contributed by atoms with Crippen molar-refractivity contribution in [1.82, 2.24) is 9.78 Å². The summed E-state index contributed by atoms with van der Waals surface area (Å²) in [6.07, 6.45) is 2.16. The number of aromatic nitrogens is 2. The smallest absolute Gasteiger partial charge is 0.387 e. The number of anilines is 1. The predicted octanol–water partition coefficient (Wildman–Crippen LogP) is 2.60. The maximum atomic E-state index is 12.3. The number of ether oxygens (including phenoxy) is 2. The number of hydrogen-bond donors (Lipinski definition) is 1. The highest BCUT2D eigenvalue weighted by Crippen LogP contribution is 2.31. The molecular formula is C14H14F2N4O5. The molecular weight excluding hydrogens is 342 g/mol. The third kappa shape index (κ3) is 4.40. The minimum absolute atomic E-state index is 0.0143. The lowest BCUT2D eigenvalue weighted by molar-refractivity contribution is -0.385. The van der Waals surface area contributed by atoms with Crippen LogP contribution in [0.15, 0.2) is 30.6 Å². The summed E-state index contributed by atoms with van der Waals surface area (Å²) < 4.78 is 35.0. The Labute approximate surface area is 140 Å². The van der Waals surface area contributed by atoms with E-state index in [4.69, 9.17) is 4.74 Å². The highest BCUT2D eigenvalue weighted by Gasteiger charge is 2.20. The summed E-state index contributed by atoms with van der Waals surface area (Å²) in [6, 6.07) is 3.06. The van der Waals surface area contributed by atoms with E-state index >= 15 is 0 Å². The topological polar surface area (TPSA) is 109 Å². The first-order valence-corrected chi connectivity index (χ1v) is 6.94. The van der Waals surface area contributed by atoms with Crippen LogP contribution in [0.4, 0.5) is 20.2 Å². The number of alkyl halides is 2. The molecule has 2 aromatic rings. The van der Waals surface area contributed by atoms with E-state index in [1.54, 1.807) is 0 Å². The SMILES string of the molecule is COc1cc(NC(=O)C(C)n2cc([N+](=O)[O-])cn2)ccc1OC(F)F. The normalized spacial score (nSPS) is 11.9. The van der Waals surface area contributed by atoms with Gasteiger partial charge in [-0.15, -0.1) is 0 Å². The van der Waals surface area contributed by atoms with Crippen LogP contribution in [0.3, 0.4) is 0 Å². The summed E-state index contributed by atoms with van der Waals surface area (Å²) in [5.74, 6) is -0.672. The van der Waals surface area contributed by atoms with Crippen LogP contribution in [0.2, 0.25) is 0 Å². The van der Waals surface area contributed by atoms with E-state index < -0.39 is 23.5 Å². The lowest BCUT2D eigenvalue weighted by atomic mass is 10.2. The van der Waals surface area contributed by atoms with Gasteiger partial charge in [0.25, 0.3) is 0 Å². The molecule has 0 aliphatic carbocycles. The van der Waals surface area contributed by atoms with Crippen LogP contribution in [0, 0.1) is 10.1 Å². The lowest BCUT2D eigenvalue weighted by Crippen LogP contribution is -2.24. The summed E-state index contributed by atoms with van der Waals surface area (Å²) in [5, 5.41) is 17.0. The van der Waals surface area contributed by atoms with Gasteiger partial charge >= 0.3 is 12.3 Å². The van der Waals surface area contributed by atoms with Gasteiger partial charge in [0.1, 0.15) is 18.4 Å². The number of hydrogen-bond acceptors (Lipinski definition) is 6. The summed E-state index contributed by atoms with van der Waals surface area (Å²) in [4.78, 5) is 22.2. The maximum Gasteiger partial charge on any atom is 0.387 e. The molecule has 9 nitrogen and oxygen atoms in total. The number of rotatable bonds is 7. The van der Waals surface area contributed by atoms with Crippen LogP contribution in [0.25, 0.3) is 0 Å². The number of carbonyl (C=O) groups is 1. The first kappa shape index (κ1) is 18.1. The van der Waals surface area contributed by atoms with Crippen LogP contribution in [0.1, 0.15) is 13.0 Å². The largest absolute Gasteiger partial charge is 0.493 e. The summed E-state index contributed by atoms with van der Waals surface area (Å²) in [7, 11) is 1.27. The van der Waals surface area contributed by atoms with Crippen LogP contribution >= 0.6 is 0 Å². The molecule has 0 saturated heterocycles. The molecule has 0 spiro atoms. The van der Waals surface area contributed by atoms with Crippen molar-refractivity contribution in [2.45, 2.75) is 19.6 Å². The molecule has 0 bridgehead atoms. The molecule has 1 aromatic carbocycles. The Morgan fingerprint density at radius 2 is 2.12 bits per heavy atom. The summed E-state index contributed by atoms with van der Waals surface area (Å²) in [5.41, 5.74) is 0.0341. The molecule has 1 atom stereocenters. The Kier molecular flexibility index (Phi) is 5.47. The van der Waals surface area contributed by atoms with Gasteiger partial charge in [-0.25, -0.2) is 0 Å². The minimum Gasteiger partial charge on any atom is -0.493 e. The number of nitrogens with one attached hydrogen (secondary N) is 1. The fraction of sp³-hybridized carbons (Fsp3) is 0.286. The number of methoxy groups -OCH3 is 1. The molecule has 0 aliphatic heterocycles. The van der Waals surface area contributed by atoms with Crippen LogP contribution in [-0.2, 0) is 4.79 Å². The Balaban J connectivity index is 2.12. The number of nitro groups is 1. The van der Waals surface area contributed by atoms with Gasteiger partial charge in [-0.2, -0.15) is 13.9 Å². The third-order valence-corrected chi connectivity index (χ3v) is 3.22. The van der Waals surface area contributed by atoms with E-state index in [0.29, 0.717) is 0 Å². The van der Waals surface area contributed by atoms with Crippen molar-refractivity contribution in [1.29, 1.82) is 0 Å². The highest BCUT2D eigenvalue weighted by molar-refractivity contribution is 5.93. The van der Waals surface area contributed by atoms with E-state index in [9.17, 15) is 23.7 Å². The molecule has 134 valence electrons. The third-order valence-electron chi connectivity index (χ3n) is 3.22. The van der Waals surface area contributed by atoms with Crippen molar-refractivity contribution in [3.63, 3.8) is 0 Å². The average molecular weight is 356 g/mol. The van der Waals surface area contributed by atoms with Gasteiger partial charge in [0, 0.05) is 11.8 Å². The molecule has 1 unspecified atom stereocenters. The monoisotopic (exact) mass is 356 g/mol. The molecule has 1 heterocycles. The van der Waals surface area contributed by atoms with Gasteiger partial charge in [0.2, 0.25) is 5.91 Å².